The SMILES string of the molecule is O=C(Cn1ccc(=O)[nH]c1=O)NC1(c2ccc(Br)cc2)CN(C(=O)c2ccc(Cl)c(F)c2F)C1. The zero-order valence-electron chi connectivity index (χ0n) is 17.3. The van der Waals surface area contributed by atoms with E-state index in [2.05, 4.69) is 26.2 Å². The quantitative estimate of drug-likeness (QED) is 0.474. The molecule has 0 bridgehead atoms. The first-order valence-corrected chi connectivity index (χ1v) is 11.1. The predicted molar refractivity (Wildman–Crippen MR) is 123 cm³/mol. The smallest absolute Gasteiger partial charge is 0.328 e. The predicted octanol–water partition coefficient (Wildman–Crippen LogP) is 2.40. The molecule has 34 heavy (non-hydrogen) atoms. The average molecular weight is 554 g/mol. The lowest BCUT2D eigenvalue weighted by atomic mass is 9.81. The Morgan fingerprint density at radius 3 is 2.38 bits per heavy atom. The van der Waals surface area contributed by atoms with Gasteiger partial charge >= 0.3 is 5.69 Å². The first-order chi connectivity index (χ1) is 16.1. The summed E-state index contributed by atoms with van der Waals surface area (Å²) in [7, 11) is 0. The van der Waals surface area contributed by atoms with Gasteiger partial charge in [-0.1, -0.05) is 39.7 Å². The number of benzene rings is 2. The molecule has 2 aromatic carbocycles. The van der Waals surface area contributed by atoms with Crippen LogP contribution in [0.3, 0.4) is 0 Å². The summed E-state index contributed by atoms with van der Waals surface area (Å²) in [5, 5.41) is 2.40. The highest BCUT2D eigenvalue weighted by Gasteiger charge is 2.48. The number of aromatic nitrogens is 2. The Kier molecular flexibility index (Phi) is 6.41. The van der Waals surface area contributed by atoms with E-state index in [0.717, 1.165) is 27.2 Å². The molecule has 1 aliphatic rings. The third-order valence-electron chi connectivity index (χ3n) is 5.46. The van der Waals surface area contributed by atoms with E-state index in [4.69, 9.17) is 11.6 Å². The first kappa shape index (κ1) is 23.8. The molecule has 2 N–H and O–H groups in total. The summed E-state index contributed by atoms with van der Waals surface area (Å²) in [4.78, 5) is 52.1. The summed E-state index contributed by atoms with van der Waals surface area (Å²) in [6, 6.07) is 10.3. The zero-order chi connectivity index (χ0) is 24.6. The first-order valence-electron chi connectivity index (χ1n) is 9.89. The molecule has 0 aliphatic carbocycles. The number of H-pyrrole nitrogens is 1. The van der Waals surface area contributed by atoms with Crippen molar-refractivity contribution < 1.29 is 18.4 Å². The molecule has 1 aliphatic heterocycles. The Bertz CT molecular complexity index is 1400. The van der Waals surface area contributed by atoms with Crippen molar-refractivity contribution in [3.8, 4) is 0 Å². The van der Waals surface area contributed by atoms with Crippen LogP contribution in [-0.4, -0.2) is 39.4 Å². The molecule has 1 fully saturated rings. The molecule has 2 heterocycles. The summed E-state index contributed by atoms with van der Waals surface area (Å²) in [6.07, 6.45) is 1.20. The fourth-order valence-corrected chi connectivity index (χ4v) is 4.15. The minimum atomic E-state index is -1.35. The molecule has 176 valence electrons. The largest absolute Gasteiger partial charge is 0.341 e. The average Bonchev–Trinajstić information content (AvgIpc) is 2.76. The molecular formula is C22H16BrClF2N4O4. The van der Waals surface area contributed by atoms with Crippen molar-refractivity contribution in [2.24, 2.45) is 0 Å². The molecule has 4 rings (SSSR count). The number of nitrogens with one attached hydrogen (secondary N) is 2. The van der Waals surface area contributed by atoms with Crippen LogP contribution < -0.4 is 16.6 Å². The highest BCUT2D eigenvalue weighted by molar-refractivity contribution is 9.10. The van der Waals surface area contributed by atoms with E-state index in [9.17, 15) is 28.0 Å². The maximum Gasteiger partial charge on any atom is 0.328 e. The Morgan fingerprint density at radius 1 is 1.06 bits per heavy atom. The van der Waals surface area contributed by atoms with Gasteiger partial charge in [-0.2, -0.15) is 0 Å². The monoisotopic (exact) mass is 552 g/mol. The molecule has 8 nitrogen and oxygen atoms in total. The summed E-state index contributed by atoms with van der Waals surface area (Å²) in [6.45, 7) is -0.425. The summed E-state index contributed by atoms with van der Waals surface area (Å²) in [5.74, 6) is -3.97. The van der Waals surface area contributed by atoms with Crippen LogP contribution in [0.25, 0.3) is 0 Å². The van der Waals surface area contributed by atoms with Crippen LogP contribution >= 0.6 is 27.5 Å². The maximum absolute atomic E-state index is 14.3. The van der Waals surface area contributed by atoms with E-state index in [0.29, 0.717) is 5.56 Å². The van der Waals surface area contributed by atoms with E-state index in [1.165, 1.54) is 11.1 Å². The van der Waals surface area contributed by atoms with Crippen LogP contribution in [0, 0.1) is 11.6 Å². The maximum atomic E-state index is 14.3. The van der Waals surface area contributed by atoms with Gasteiger partial charge in [0.15, 0.2) is 11.6 Å². The molecule has 1 aromatic heterocycles. The van der Waals surface area contributed by atoms with Gasteiger partial charge in [0.05, 0.1) is 23.7 Å². The number of likely N-dealkylation sites (tertiary alicyclic amines) is 1. The second-order valence-corrected chi connectivity index (χ2v) is 9.08. The normalized spacial score (nSPS) is 14.4. The van der Waals surface area contributed by atoms with Crippen molar-refractivity contribution in [3.63, 3.8) is 0 Å². The van der Waals surface area contributed by atoms with E-state index in [-0.39, 0.29) is 19.6 Å². The number of hydrogen-bond acceptors (Lipinski definition) is 4. The molecule has 0 unspecified atom stereocenters. The Labute approximate surface area is 204 Å². The number of nitrogens with zero attached hydrogens (tertiary/aromatic N) is 2. The van der Waals surface area contributed by atoms with Gasteiger partial charge in [0.25, 0.3) is 11.5 Å². The van der Waals surface area contributed by atoms with Gasteiger partial charge in [0, 0.05) is 16.7 Å². The van der Waals surface area contributed by atoms with Crippen molar-refractivity contribution in [2.45, 2.75) is 12.1 Å². The highest BCUT2D eigenvalue weighted by atomic mass is 79.9. The number of carbonyl (C=O) groups is 2. The van der Waals surface area contributed by atoms with Crippen molar-refractivity contribution in [1.82, 2.24) is 19.8 Å². The number of amides is 2. The van der Waals surface area contributed by atoms with E-state index in [1.54, 1.807) is 24.3 Å². The van der Waals surface area contributed by atoms with E-state index in [1.807, 2.05) is 0 Å². The number of carbonyl (C=O) groups excluding carboxylic acids is 2. The van der Waals surface area contributed by atoms with Gasteiger partial charge in [0.1, 0.15) is 12.1 Å². The lowest BCUT2D eigenvalue weighted by Crippen LogP contribution is -2.69. The van der Waals surface area contributed by atoms with Crippen LogP contribution in [0.1, 0.15) is 15.9 Å². The van der Waals surface area contributed by atoms with Crippen LogP contribution in [-0.2, 0) is 16.9 Å². The second kappa shape index (κ2) is 9.15. The Morgan fingerprint density at radius 2 is 1.74 bits per heavy atom. The second-order valence-electron chi connectivity index (χ2n) is 7.76. The number of aromatic amines is 1. The molecule has 12 heteroatoms. The van der Waals surface area contributed by atoms with E-state index < -0.39 is 50.8 Å². The number of hydrogen-bond donors (Lipinski definition) is 2. The lowest BCUT2D eigenvalue weighted by Gasteiger charge is -2.50. The topological polar surface area (TPSA) is 104 Å². The summed E-state index contributed by atoms with van der Waals surface area (Å²) < 4.78 is 29.9. The molecule has 0 radical (unpaired) electrons. The van der Waals surface area contributed by atoms with Crippen molar-refractivity contribution in [2.75, 3.05) is 13.1 Å². The molecule has 2 amide bonds. The van der Waals surface area contributed by atoms with Crippen LogP contribution in [0.4, 0.5) is 8.78 Å². The number of halogens is 4. The third-order valence-corrected chi connectivity index (χ3v) is 6.28. The number of rotatable bonds is 5. The van der Waals surface area contributed by atoms with E-state index >= 15 is 0 Å². The van der Waals surface area contributed by atoms with Gasteiger partial charge in [-0.25, -0.2) is 13.6 Å². The highest BCUT2D eigenvalue weighted by Crippen LogP contribution is 2.34. The van der Waals surface area contributed by atoms with Gasteiger partial charge in [-0.15, -0.1) is 0 Å². The summed E-state index contributed by atoms with van der Waals surface area (Å²) in [5.41, 5.74) is -2.17. The minimum Gasteiger partial charge on any atom is -0.341 e. The summed E-state index contributed by atoms with van der Waals surface area (Å²) >= 11 is 8.90. The van der Waals surface area contributed by atoms with Gasteiger partial charge in [0.2, 0.25) is 5.91 Å². The van der Waals surface area contributed by atoms with Crippen LogP contribution in [0.5, 0.6) is 0 Å². The van der Waals surface area contributed by atoms with Gasteiger partial charge in [-0.05, 0) is 29.8 Å². The van der Waals surface area contributed by atoms with Crippen LogP contribution in [0.15, 0.2) is 62.7 Å². The molecule has 0 saturated carbocycles. The Hall–Kier alpha value is -3.31. The molecule has 0 atom stereocenters. The zero-order valence-corrected chi connectivity index (χ0v) is 19.6. The lowest BCUT2D eigenvalue weighted by molar-refractivity contribution is -0.126. The molecule has 3 aromatic rings. The van der Waals surface area contributed by atoms with Gasteiger partial charge in [-0.3, -0.25) is 23.9 Å². The fraction of sp³-hybridized carbons (Fsp3) is 0.182. The third kappa shape index (κ3) is 4.53. The van der Waals surface area contributed by atoms with Gasteiger partial charge < -0.3 is 10.2 Å². The minimum absolute atomic E-state index is 0.0244. The molecule has 0 spiro atoms. The molecular weight excluding hydrogens is 538 g/mol. The Balaban J connectivity index is 1.58. The van der Waals surface area contributed by atoms with Crippen molar-refractivity contribution in [3.05, 3.63) is 102 Å². The van der Waals surface area contributed by atoms with Crippen LogP contribution in [0.2, 0.25) is 5.02 Å². The standard InChI is InChI=1S/C22H16BrClF2N4O4/c23-13-3-1-12(2-4-13)22(28-17(32)9-29-8-7-16(31)27-21(29)34)10-30(11-22)20(33)14-5-6-15(24)19(26)18(14)25/h1-8H,9-11H2,(H,28,32)(H,27,31,34). The molecule has 1 saturated heterocycles. The van der Waals surface area contributed by atoms with Crippen molar-refractivity contribution >= 4 is 39.3 Å². The fourth-order valence-electron chi connectivity index (χ4n) is 3.74. The van der Waals surface area contributed by atoms with Crippen molar-refractivity contribution in [1.29, 1.82) is 0 Å².